The number of nitrogens with one attached hydrogen (secondary N) is 1. The van der Waals surface area contributed by atoms with Gasteiger partial charge in [-0.15, -0.1) is 12.4 Å². The van der Waals surface area contributed by atoms with Crippen LogP contribution in [0.15, 0.2) is 46.9 Å². The number of halogens is 2. The van der Waals surface area contributed by atoms with Crippen molar-refractivity contribution in [2.75, 3.05) is 13.2 Å². The highest BCUT2D eigenvalue weighted by molar-refractivity contribution is 9.10. The van der Waals surface area contributed by atoms with Gasteiger partial charge in [-0.3, -0.25) is 0 Å². The standard InChI is InChI=1S/C19H24BrNO3.ClH/c1-3-23-18-10-16(12-21-11-14(2)22)9-17(20)19(18)24-13-15-7-5-4-6-8-15;/h4-10,14,21-22H,3,11-13H2,1-2H3;1H. The molecule has 6 heteroatoms. The lowest BCUT2D eigenvalue weighted by atomic mass is 10.2. The monoisotopic (exact) mass is 429 g/mol. The average molecular weight is 431 g/mol. The molecule has 0 saturated carbocycles. The molecule has 2 N–H and O–H groups in total. The molecule has 0 bridgehead atoms. The van der Waals surface area contributed by atoms with E-state index in [2.05, 4.69) is 21.2 Å². The summed E-state index contributed by atoms with van der Waals surface area (Å²) in [4.78, 5) is 0. The first kappa shape index (κ1) is 21.8. The van der Waals surface area contributed by atoms with Crippen LogP contribution in [0.4, 0.5) is 0 Å². The maximum atomic E-state index is 9.33. The molecule has 0 saturated heterocycles. The van der Waals surface area contributed by atoms with Gasteiger partial charge in [-0.05, 0) is 53.0 Å². The SMILES string of the molecule is CCOc1cc(CNCC(C)O)cc(Br)c1OCc1ccccc1.Cl. The first-order valence-electron chi connectivity index (χ1n) is 8.11. The summed E-state index contributed by atoms with van der Waals surface area (Å²) in [6.45, 7) is 5.97. The molecule has 25 heavy (non-hydrogen) atoms. The van der Waals surface area contributed by atoms with Crippen molar-refractivity contribution in [3.8, 4) is 11.5 Å². The second-order valence-electron chi connectivity index (χ2n) is 5.59. The normalized spacial score (nSPS) is 11.5. The largest absolute Gasteiger partial charge is 0.490 e. The number of benzene rings is 2. The second kappa shape index (κ2) is 11.4. The van der Waals surface area contributed by atoms with Gasteiger partial charge >= 0.3 is 0 Å². The van der Waals surface area contributed by atoms with Crippen LogP contribution in [-0.4, -0.2) is 24.4 Å². The molecule has 0 aliphatic heterocycles. The third-order valence-electron chi connectivity index (χ3n) is 3.36. The number of ether oxygens (including phenoxy) is 2. The molecule has 0 fully saturated rings. The number of aliphatic hydroxyl groups excluding tert-OH is 1. The van der Waals surface area contributed by atoms with Gasteiger partial charge in [0, 0.05) is 13.1 Å². The molecule has 1 atom stereocenters. The van der Waals surface area contributed by atoms with Crippen molar-refractivity contribution in [3.05, 3.63) is 58.1 Å². The van der Waals surface area contributed by atoms with E-state index in [-0.39, 0.29) is 18.5 Å². The number of rotatable bonds is 9. The maximum absolute atomic E-state index is 9.33. The predicted octanol–water partition coefficient (Wildman–Crippen LogP) is 4.32. The first-order chi connectivity index (χ1) is 11.6. The Kier molecular flexibility index (Phi) is 9.90. The van der Waals surface area contributed by atoms with Crippen LogP contribution >= 0.6 is 28.3 Å². The van der Waals surface area contributed by atoms with Crippen molar-refractivity contribution in [1.29, 1.82) is 0 Å². The van der Waals surface area contributed by atoms with Crippen LogP contribution < -0.4 is 14.8 Å². The maximum Gasteiger partial charge on any atom is 0.175 e. The average Bonchev–Trinajstić information content (AvgIpc) is 2.55. The van der Waals surface area contributed by atoms with Crippen molar-refractivity contribution in [2.45, 2.75) is 33.1 Å². The second-order valence-corrected chi connectivity index (χ2v) is 6.45. The predicted molar refractivity (Wildman–Crippen MR) is 107 cm³/mol. The molecular weight excluding hydrogens is 406 g/mol. The van der Waals surface area contributed by atoms with Crippen LogP contribution in [0.5, 0.6) is 11.5 Å². The molecule has 0 spiro atoms. The zero-order valence-electron chi connectivity index (χ0n) is 14.5. The van der Waals surface area contributed by atoms with Crippen molar-refractivity contribution in [2.24, 2.45) is 0 Å². The zero-order chi connectivity index (χ0) is 17.4. The Morgan fingerprint density at radius 1 is 1.12 bits per heavy atom. The number of hydrogen-bond donors (Lipinski definition) is 2. The molecule has 0 aliphatic carbocycles. The van der Waals surface area contributed by atoms with E-state index in [1.165, 1.54) is 0 Å². The Bertz CT molecular complexity index is 638. The van der Waals surface area contributed by atoms with E-state index in [0.29, 0.717) is 32.1 Å². The topological polar surface area (TPSA) is 50.7 Å². The van der Waals surface area contributed by atoms with Gasteiger partial charge in [0.1, 0.15) is 6.61 Å². The minimum Gasteiger partial charge on any atom is -0.490 e. The van der Waals surface area contributed by atoms with Crippen molar-refractivity contribution >= 4 is 28.3 Å². The van der Waals surface area contributed by atoms with Crippen LogP contribution in [-0.2, 0) is 13.2 Å². The van der Waals surface area contributed by atoms with Gasteiger partial charge < -0.3 is 19.9 Å². The molecule has 0 amide bonds. The minimum atomic E-state index is -0.367. The molecular formula is C19H25BrClNO3. The Labute approximate surface area is 164 Å². The molecule has 0 aliphatic rings. The Morgan fingerprint density at radius 2 is 1.84 bits per heavy atom. The smallest absolute Gasteiger partial charge is 0.175 e. The van der Waals surface area contributed by atoms with Crippen LogP contribution in [0.2, 0.25) is 0 Å². The summed E-state index contributed by atoms with van der Waals surface area (Å²) in [6, 6.07) is 14.0. The third kappa shape index (κ3) is 7.24. The highest BCUT2D eigenvalue weighted by atomic mass is 79.9. The number of hydrogen-bond acceptors (Lipinski definition) is 4. The van der Waals surface area contributed by atoms with Crippen LogP contribution in [0.25, 0.3) is 0 Å². The highest BCUT2D eigenvalue weighted by Gasteiger charge is 2.12. The summed E-state index contributed by atoms with van der Waals surface area (Å²) in [5.74, 6) is 1.43. The first-order valence-corrected chi connectivity index (χ1v) is 8.90. The molecule has 0 heterocycles. The molecule has 2 aromatic rings. The quantitative estimate of drug-likeness (QED) is 0.622. The van der Waals surface area contributed by atoms with Gasteiger partial charge in [0.05, 0.1) is 17.2 Å². The Hall–Kier alpha value is -1.27. The molecule has 2 aromatic carbocycles. The fourth-order valence-corrected chi connectivity index (χ4v) is 2.89. The molecule has 4 nitrogen and oxygen atoms in total. The summed E-state index contributed by atoms with van der Waals surface area (Å²) < 4.78 is 12.6. The lowest BCUT2D eigenvalue weighted by Gasteiger charge is -2.16. The lowest BCUT2D eigenvalue weighted by Crippen LogP contribution is -2.23. The van der Waals surface area contributed by atoms with E-state index in [4.69, 9.17) is 9.47 Å². The third-order valence-corrected chi connectivity index (χ3v) is 3.95. The highest BCUT2D eigenvalue weighted by Crippen LogP contribution is 2.37. The summed E-state index contributed by atoms with van der Waals surface area (Å²) in [5, 5.41) is 12.5. The summed E-state index contributed by atoms with van der Waals surface area (Å²) in [6.07, 6.45) is -0.367. The fourth-order valence-electron chi connectivity index (χ4n) is 2.28. The molecule has 0 aromatic heterocycles. The molecule has 0 radical (unpaired) electrons. The summed E-state index contributed by atoms with van der Waals surface area (Å²) in [5.41, 5.74) is 2.17. The van der Waals surface area contributed by atoms with Crippen LogP contribution in [0.3, 0.4) is 0 Å². The fraction of sp³-hybridized carbons (Fsp3) is 0.368. The minimum absolute atomic E-state index is 0. The van der Waals surface area contributed by atoms with E-state index in [1.54, 1.807) is 6.92 Å². The van der Waals surface area contributed by atoms with Gasteiger partial charge in [0.2, 0.25) is 0 Å². The Morgan fingerprint density at radius 3 is 2.48 bits per heavy atom. The van der Waals surface area contributed by atoms with Crippen LogP contribution in [0, 0.1) is 0 Å². The van der Waals surface area contributed by atoms with Crippen molar-refractivity contribution in [3.63, 3.8) is 0 Å². The summed E-state index contributed by atoms with van der Waals surface area (Å²) in [7, 11) is 0. The lowest BCUT2D eigenvalue weighted by molar-refractivity contribution is 0.191. The van der Waals surface area contributed by atoms with Gasteiger partial charge in [-0.25, -0.2) is 0 Å². The molecule has 138 valence electrons. The number of aliphatic hydroxyl groups is 1. The van der Waals surface area contributed by atoms with E-state index in [9.17, 15) is 5.11 Å². The van der Waals surface area contributed by atoms with Gasteiger partial charge in [0.15, 0.2) is 11.5 Å². The Balaban J connectivity index is 0.00000312. The van der Waals surface area contributed by atoms with Gasteiger partial charge in [-0.1, -0.05) is 30.3 Å². The van der Waals surface area contributed by atoms with Gasteiger partial charge in [-0.2, -0.15) is 0 Å². The molecule has 2 rings (SSSR count). The van der Waals surface area contributed by atoms with E-state index >= 15 is 0 Å². The van der Waals surface area contributed by atoms with E-state index < -0.39 is 0 Å². The molecule has 1 unspecified atom stereocenters. The van der Waals surface area contributed by atoms with Crippen molar-refractivity contribution in [1.82, 2.24) is 5.32 Å². The van der Waals surface area contributed by atoms with E-state index in [1.807, 2.05) is 49.4 Å². The van der Waals surface area contributed by atoms with Gasteiger partial charge in [0.25, 0.3) is 0 Å². The van der Waals surface area contributed by atoms with E-state index in [0.717, 1.165) is 21.3 Å². The summed E-state index contributed by atoms with van der Waals surface area (Å²) >= 11 is 3.58. The zero-order valence-corrected chi connectivity index (χ0v) is 16.9. The van der Waals surface area contributed by atoms with Crippen molar-refractivity contribution < 1.29 is 14.6 Å². The van der Waals surface area contributed by atoms with Crippen LogP contribution in [0.1, 0.15) is 25.0 Å².